The van der Waals surface area contributed by atoms with Crippen LogP contribution in [0.15, 0.2) is 24.3 Å². The van der Waals surface area contributed by atoms with E-state index in [0.29, 0.717) is 17.1 Å². The first-order valence-electron chi connectivity index (χ1n) is 5.92. The minimum Gasteiger partial charge on any atom is -0.393 e. The second-order valence-corrected chi connectivity index (χ2v) is 4.95. The molecule has 0 spiro atoms. The van der Waals surface area contributed by atoms with E-state index in [9.17, 15) is 18.0 Å². The van der Waals surface area contributed by atoms with Crippen LogP contribution in [0.4, 0.5) is 13.2 Å². The molecule has 110 valence electrons. The van der Waals surface area contributed by atoms with Gasteiger partial charge in [0.05, 0.1) is 17.0 Å². The van der Waals surface area contributed by atoms with Crippen molar-refractivity contribution in [1.82, 2.24) is 5.32 Å². The largest absolute Gasteiger partial charge is 0.416 e. The summed E-state index contributed by atoms with van der Waals surface area (Å²) >= 11 is 4.77. The molecule has 1 amide bonds. The second kappa shape index (κ2) is 6.69. The molecule has 1 aromatic carbocycles. The van der Waals surface area contributed by atoms with Crippen molar-refractivity contribution in [2.45, 2.75) is 19.5 Å². The molecule has 0 aliphatic heterocycles. The summed E-state index contributed by atoms with van der Waals surface area (Å²) in [5.74, 6) is -0.408. The Hall–Kier alpha value is -1.63. The summed E-state index contributed by atoms with van der Waals surface area (Å²) in [6.45, 7) is 2.09. The molecule has 1 rings (SSSR count). The fourth-order valence-electron chi connectivity index (χ4n) is 1.43. The van der Waals surface area contributed by atoms with Gasteiger partial charge in [-0.05, 0) is 17.7 Å². The highest BCUT2D eigenvalue weighted by atomic mass is 32.1. The number of alkyl halides is 3. The molecule has 0 saturated heterocycles. The van der Waals surface area contributed by atoms with Crippen molar-refractivity contribution in [2.75, 3.05) is 6.54 Å². The minimum absolute atomic E-state index is 0.0161. The number of nitrogens with two attached hydrogens (primary N) is 1. The van der Waals surface area contributed by atoms with Gasteiger partial charge in [-0.1, -0.05) is 31.3 Å². The first-order valence-corrected chi connectivity index (χ1v) is 6.33. The summed E-state index contributed by atoms with van der Waals surface area (Å²) in [6.07, 6.45) is -4.35. The van der Waals surface area contributed by atoms with E-state index in [-0.39, 0.29) is 18.2 Å². The average molecular weight is 304 g/mol. The molecule has 20 heavy (non-hydrogen) atoms. The van der Waals surface area contributed by atoms with E-state index in [1.54, 1.807) is 6.92 Å². The van der Waals surface area contributed by atoms with Crippen LogP contribution in [0.5, 0.6) is 0 Å². The topological polar surface area (TPSA) is 55.1 Å². The zero-order chi connectivity index (χ0) is 15.3. The molecular weight excluding hydrogens is 289 g/mol. The summed E-state index contributed by atoms with van der Waals surface area (Å²) < 4.78 is 37.1. The lowest BCUT2D eigenvalue weighted by molar-refractivity contribution is -0.137. The van der Waals surface area contributed by atoms with Crippen LogP contribution in [0, 0.1) is 5.92 Å². The third-order valence-electron chi connectivity index (χ3n) is 2.74. The Morgan fingerprint density at radius 2 is 1.90 bits per heavy atom. The summed E-state index contributed by atoms with van der Waals surface area (Å²) in [7, 11) is 0. The van der Waals surface area contributed by atoms with Crippen molar-refractivity contribution < 1.29 is 18.0 Å². The second-order valence-electron chi connectivity index (χ2n) is 4.48. The Morgan fingerprint density at radius 3 is 2.35 bits per heavy atom. The number of carbonyl (C=O) groups excluding carboxylic acids is 1. The smallest absolute Gasteiger partial charge is 0.393 e. The number of hydrogen-bond acceptors (Lipinski definition) is 2. The number of nitrogens with one attached hydrogen (secondary N) is 1. The van der Waals surface area contributed by atoms with Gasteiger partial charge in [0.1, 0.15) is 0 Å². The molecule has 0 fully saturated rings. The van der Waals surface area contributed by atoms with Crippen molar-refractivity contribution in [3.8, 4) is 0 Å². The molecule has 0 aromatic heterocycles. The predicted molar refractivity (Wildman–Crippen MR) is 74.1 cm³/mol. The molecule has 1 aromatic rings. The van der Waals surface area contributed by atoms with Gasteiger partial charge >= 0.3 is 6.18 Å². The predicted octanol–water partition coefficient (Wildman–Crippen LogP) is 2.29. The zero-order valence-corrected chi connectivity index (χ0v) is 11.6. The quantitative estimate of drug-likeness (QED) is 0.821. The molecule has 0 heterocycles. The number of amides is 1. The maximum absolute atomic E-state index is 12.4. The van der Waals surface area contributed by atoms with E-state index in [4.69, 9.17) is 18.0 Å². The summed E-state index contributed by atoms with van der Waals surface area (Å²) in [6, 6.07) is 4.50. The Balaban J connectivity index is 2.53. The molecule has 0 bridgehead atoms. The summed E-state index contributed by atoms with van der Waals surface area (Å²) in [5, 5.41) is 2.63. The molecule has 3 N–H and O–H groups in total. The third-order valence-corrected chi connectivity index (χ3v) is 3.14. The van der Waals surface area contributed by atoms with Crippen molar-refractivity contribution in [2.24, 2.45) is 11.7 Å². The standard InChI is InChI=1S/C13H15F3N2OS/c1-8(12(17)20)7-18-11(19)6-9-2-4-10(5-3-9)13(14,15)16/h2-5,8H,6-7H2,1H3,(H2,17,20)(H,18,19). The molecule has 0 radical (unpaired) electrons. The molecule has 1 unspecified atom stereocenters. The fraction of sp³-hybridized carbons (Fsp3) is 0.385. The SMILES string of the molecule is CC(CNC(=O)Cc1ccc(C(F)(F)F)cc1)C(N)=S. The lowest BCUT2D eigenvalue weighted by Crippen LogP contribution is -2.34. The molecule has 3 nitrogen and oxygen atoms in total. The highest BCUT2D eigenvalue weighted by Gasteiger charge is 2.29. The normalized spacial score (nSPS) is 12.8. The highest BCUT2D eigenvalue weighted by molar-refractivity contribution is 7.80. The Morgan fingerprint density at radius 1 is 1.35 bits per heavy atom. The van der Waals surface area contributed by atoms with Gasteiger partial charge < -0.3 is 11.1 Å². The Labute approximate surface area is 120 Å². The molecule has 7 heteroatoms. The van der Waals surface area contributed by atoms with Gasteiger partial charge in [-0.25, -0.2) is 0 Å². The molecule has 0 aliphatic carbocycles. The van der Waals surface area contributed by atoms with Crippen LogP contribution in [-0.4, -0.2) is 17.4 Å². The van der Waals surface area contributed by atoms with Gasteiger partial charge in [-0.3, -0.25) is 4.79 Å². The number of benzene rings is 1. The van der Waals surface area contributed by atoms with E-state index < -0.39 is 11.7 Å². The molecule has 0 aliphatic rings. The maximum Gasteiger partial charge on any atom is 0.416 e. The summed E-state index contributed by atoms with van der Waals surface area (Å²) in [5.41, 5.74) is 5.19. The average Bonchev–Trinajstić information content (AvgIpc) is 2.35. The van der Waals surface area contributed by atoms with Crippen LogP contribution in [0.25, 0.3) is 0 Å². The van der Waals surface area contributed by atoms with Crippen LogP contribution < -0.4 is 11.1 Å². The molecule has 0 saturated carbocycles. The van der Waals surface area contributed by atoms with E-state index >= 15 is 0 Å². The Bertz CT molecular complexity index is 485. The molecular formula is C13H15F3N2OS. The third kappa shape index (κ3) is 5.16. The lowest BCUT2D eigenvalue weighted by atomic mass is 10.1. The van der Waals surface area contributed by atoms with Crippen LogP contribution >= 0.6 is 12.2 Å². The number of carbonyl (C=O) groups is 1. The van der Waals surface area contributed by atoms with Crippen molar-refractivity contribution >= 4 is 23.1 Å². The van der Waals surface area contributed by atoms with Gasteiger partial charge in [0.15, 0.2) is 0 Å². The fourth-order valence-corrected chi connectivity index (χ4v) is 1.51. The van der Waals surface area contributed by atoms with E-state index in [1.165, 1.54) is 12.1 Å². The van der Waals surface area contributed by atoms with Crippen molar-refractivity contribution in [1.29, 1.82) is 0 Å². The minimum atomic E-state index is -4.37. The van der Waals surface area contributed by atoms with Gasteiger partial charge in [0.2, 0.25) is 5.91 Å². The summed E-state index contributed by atoms with van der Waals surface area (Å²) in [4.78, 5) is 11.9. The Kier molecular flexibility index (Phi) is 5.50. The number of rotatable bonds is 5. The van der Waals surface area contributed by atoms with Crippen LogP contribution in [0.1, 0.15) is 18.1 Å². The number of halogens is 3. The van der Waals surface area contributed by atoms with Gasteiger partial charge in [0, 0.05) is 12.5 Å². The van der Waals surface area contributed by atoms with Crippen molar-refractivity contribution in [3.05, 3.63) is 35.4 Å². The van der Waals surface area contributed by atoms with Crippen molar-refractivity contribution in [3.63, 3.8) is 0 Å². The highest BCUT2D eigenvalue weighted by Crippen LogP contribution is 2.29. The zero-order valence-electron chi connectivity index (χ0n) is 10.8. The van der Waals surface area contributed by atoms with E-state index in [1.807, 2.05) is 0 Å². The van der Waals surface area contributed by atoms with Gasteiger partial charge in [-0.15, -0.1) is 0 Å². The van der Waals surface area contributed by atoms with E-state index in [2.05, 4.69) is 5.32 Å². The first-order chi connectivity index (χ1) is 9.20. The van der Waals surface area contributed by atoms with Gasteiger partial charge in [0.25, 0.3) is 0 Å². The van der Waals surface area contributed by atoms with E-state index in [0.717, 1.165) is 12.1 Å². The number of thiocarbonyl (C=S) groups is 1. The van der Waals surface area contributed by atoms with Crippen LogP contribution in [0.3, 0.4) is 0 Å². The van der Waals surface area contributed by atoms with Crippen LogP contribution in [-0.2, 0) is 17.4 Å². The lowest BCUT2D eigenvalue weighted by Gasteiger charge is -2.11. The monoisotopic (exact) mass is 304 g/mol. The number of hydrogen-bond donors (Lipinski definition) is 2. The van der Waals surface area contributed by atoms with Crippen LogP contribution in [0.2, 0.25) is 0 Å². The molecule has 1 atom stereocenters. The maximum atomic E-state index is 12.4. The van der Waals surface area contributed by atoms with Gasteiger partial charge in [-0.2, -0.15) is 13.2 Å². The first kappa shape index (κ1) is 16.4.